The van der Waals surface area contributed by atoms with Crippen LogP contribution in [0.4, 0.5) is 4.39 Å². The summed E-state index contributed by atoms with van der Waals surface area (Å²) in [6.45, 7) is 3.25. The minimum absolute atomic E-state index is 0.234. The van der Waals surface area contributed by atoms with Gasteiger partial charge in [-0.15, -0.1) is 0 Å². The van der Waals surface area contributed by atoms with Gasteiger partial charge in [0.15, 0.2) is 9.84 Å². The smallest absolute Gasteiger partial charge is 0.154 e. The molecule has 1 rings (SSSR count). The standard InChI is InChI=1S/C10H13FO2S/c1-7-4-5-9(10(11)6-7)8(2)14(3,12)13/h4-6,8H,1-3H3. The highest BCUT2D eigenvalue weighted by atomic mass is 32.2. The summed E-state index contributed by atoms with van der Waals surface area (Å²) in [5.41, 5.74) is 1.02. The Morgan fingerprint density at radius 2 is 1.93 bits per heavy atom. The van der Waals surface area contributed by atoms with Gasteiger partial charge in [-0.1, -0.05) is 12.1 Å². The van der Waals surface area contributed by atoms with Crippen LogP contribution in [0.15, 0.2) is 18.2 Å². The molecule has 2 nitrogen and oxygen atoms in total. The highest BCUT2D eigenvalue weighted by Gasteiger charge is 2.20. The van der Waals surface area contributed by atoms with Crippen LogP contribution in [0.1, 0.15) is 23.3 Å². The molecule has 0 heterocycles. The van der Waals surface area contributed by atoms with E-state index < -0.39 is 20.9 Å². The van der Waals surface area contributed by atoms with E-state index in [0.29, 0.717) is 0 Å². The van der Waals surface area contributed by atoms with Crippen molar-refractivity contribution in [3.05, 3.63) is 35.1 Å². The number of hydrogen-bond acceptors (Lipinski definition) is 2. The summed E-state index contributed by atoms with van der Waals surface area (Å²) >= 11 is 0. The lowest BCUT2D eigenvalue weighted by Crippen LogP contribution is -2.09. The monoisotopic (exact) mass is 216 g/mol. The van der Waals surface area contributed by atoms with Gasteiger partial charge in [0.1, 0.15) is 5.82 Å². The molecule has 0 N–H and O–H groups in total. The van der Waals surface area contributed by atoms with Gasteiger partial charge in [0.05, 0.1) is 5.25 Å². The average Bonchev–Trinajstić information content (AvgIpc) is 2.01. The lowest BCUT2D eigenvalue weighted by Gasteiger charge is -2.10. The largest absolute Gasteiger partial charge is 0.229 e. The third kappa shape index (κ3) is 2.32. The maximum Gasteiger partial charge on any atom is 0.154 e. The number of benzene rings is 1. The van der Waals surface area contributed by atoms with Crippen molar-refractivity contribution in [1.29, 1.82) is 0 Å². The first-order valence-electron chi connectivity index (χ1n) is 4.27. The molecule has 0 amide bonds. The molecular weight excluding hydrogens is 203 g/mol. The molecule has 1 unspecified atom stereocenters. The minimum atomic E-state index is -3.23. The summed E-state index contributed by atoms with van der Waals surface area (Å²) in [6.07, 6.45) is 1.11. The third-order valence-electron chi connectivity index (χ3n) is 2.24. The van der Waals surface area contributed by atoms with Crippen LogP contribution in [0.2, 0.25) is 0 Å². The van der Waals surface area contributed by atoms with Crippen LogP contribution in [0.25, 0.3) is 0 Å². The van der Waals surface area contributed by atoms with Gasteiger partial charge in [0, 0.05) is 11.8 Å². The average molecular weight is 216 g/mol. The molecule has 0 aliphatic rings. The molecule has 0 aromatic heterocycles. The summed E-state index contributed by atoms with van der Waals surface area (Å²) in [5.74, 6) is -0.456. The highest BCUT2D eigenvalue weighted by molar-refractivity contribution is 7.90. The Morgan fingerprint density at radius 1 is 1.36 bits per heavy atom. The first-order valence-corrected chi connectivity index (χ1v) is 6.22. The number of halogens is 1. The van der Waals surface area contributed by atoms with Crippen molar-refractivity contribution >= 4 is 9.84 Å². The lowest BCUT2D eigenvalue weighted by molar-refractivity contribution is 0.578. The number of sulfone groups is 1. The molecule has 14 heavy (non-hydrogen) atoms. The predicted octanol–water partition coefficient (Wildman–Crippen LogP) is 2.24. The molecule has 0 aliphatic heterocycles. The van der Waals surface area contributed by atoms with Gasteiger partial charge >= 0.3 is 0 Å². The van der Waals surface area contributed by atoms with E-state index >= 15 is 0 Å². The second-order valence-corrected chi connectivity index (χ2v) is 5.86. The quantitative estimate of drug-likeness (QED) is 0.759. The fourth-order valence-electron chi connectivity index (χ4n) is 1.19. The molecule has 4 heteroatoms. The van der Waals surface area contributed by atoms with Crippen molar-refractivity contribution in [3.63, 3.8) is 0 Å². The molecule has 78 valence electrons. The van der Waals surface area contributed by atoms with E-state index in [1.165, 1.54) is 19.1 Å². The van der Waals surface area contributed by atoms with E-state index in [1.807, 2.05) is 0 Å². The second-order valence-electron chi connectivity index (χ2n) is 3.50. The zero-order chi connectivity index (χ0) is 10.9. The van der Waals surface area contributed by atoms with Crippen LogP contribution < -0.4 is 0 Å². The Bertz CT molecular complexity index is 437. The van der Waals surface area contributed by atoms with Gasteiger partial charge in [-0.2, -0.15) is 0 Å². The van der Waals surface area contributed by atoms with Crippen LogP contribution in [0.3, 0.4) is 0 Å². The molecule has 0 saturated heterocycles. The molecular formula is C10H13FO2S. The van der Waals surface area contributed by atoms with E-state index in [2.05, 4.69) is 0 Å². The van der Waals surface area contributed by atoms with E-state index in [1.54, 1.807) is 13.0 Å². The Balaban J connectivity index is 3.21. The van der Waals surface area contributed by atoms with Crippen LogP contribution in [-0.4, -0.2) is 14.7 Å². The number of hydrogen-bond donors (Lipinski definition) is 0. The van der Waals surface area contributed by atoms with Crippen LogP contribution in [0, 0.1) is 12.7 Å². The van der Waals surface area contributed by atoms with Crippen molar-refractivity contribution in [2.75, 3.05) is 6.26 Å². The molecule has 1 atom stereocenters. The van der Waals surface area contributed by atoms with Crippen LogP contribution in [-0.2, 0) is 9.84 Å². The Hall–Kier alpha value is -0.900. The molecule has 0 spiro atoms. The van der Waals surface area contributed by atoms with Crippen molar-refractivity contribution < 1.29 is 12.8 Å². The first-order chi connectivity index (χ1) is 6.32. The van der Waals surface area contributed by atoms with E-state index in [4.69, 9.17) is 0 Å². The molecule has 0 radical (unpaired) electrons. The number of rotatable bonds is 2. The normalized spacial score (nSPS) is 14.0. The van der Waals surface area contributed by atoms with E-state index in [9.17, 15) is 12.8 Å². The Labute approximate surface area is 83.7 Å². The zero-order valence-electron chi connectivity index (χ0n) is 8.41. The van der Waals surface area contributed by atoms with Gasteiger partial charge < -0.3 is 0 Å². The Kier molecular flexibility index (Phi) is 2.95. The molecule has 0 fully saturated rings. The van der Waals surface area contributed by atoms with Gasteiger partial charge in [-0.05, 0) is 25.5 Å². The SMILES string of the molecule is Cc1ccc(C(C)S(C)(=O)=O)c(F)c1. The third-order valence-corrected chi connectivity index (χ3v) is 3.77. The minimum Gasteiger partial charge on any atom is -0.229 e. The fraction of sp³-hybridized carbons (Fsp3) is 0.400. The van der Waals surface area contributed by atoms with Crippen molar-refractivity contribution in [2.45, 2.75) is 19.1 Å². The number of aryl methyl sites for hydroxylation is 1. The van der Waals surface area contributed by atoms with Crippen LogP contribution >= 0.6 is 0 Å². The summed E-state index contributed by atoms with van der Waals surface area (Å²) in [6, 6.07) is 4.58. The van der Waals surface area contributed by atoms with Crippen LogP contribution in [0.5, 0.6) is 0 Å². The van der Waals surface area contributed by atoms with Crippen molar-refractivity contribution in [2.24, 2.45) is 0 Å². The molecule has 0 bridgehead atoms. The highest BCUT2D eigenvalue weighted by Crippen LogP contribution is 2.24. The zero-order valence-corrected chi connectivity index (χ0v) is 9.23. The summed E-state index contributed by atoms with van der Waals surface area (Å²) < 4.78 is 35.8. The van der Waals surface area contributed by atoms with Gasteiger partial charge in [-0.3, -0.25) is 0 Å². The summed E-state index contributed by atoms with van der Waals surface area (Å²) in [7, 11) is -3.23. The lowest BCUT2D eigenvalue weighted by atomic mass is 10.1. The molecule has 1 aromatic carbocycles. The van der Waals surface area contributed by atoms with E-state index in [0.717, 1.165) is 11.8 Å². The predicted molar refractivity (Wildman–Crippen MR) is 54.4 cm³/mol. The molecule has 0 aliphatic carbocycles. The van der Waals surface area contributed by atoms with Gasteiger partial charge in [0.25, 0.3) is 0 Å². The molecule has 1 aromatic rings. The molecule has 0 saturated carbocycles. The van der Waals surface area contributed by atoms with E-state index in [-0.39, 0.29) is 5.56 Å². The summed E-state index contributed by atoms with van der Waals surface area (Å²) in [4.78, 5) is 0. The first kappa shape index (κ1) is 11.2. The van der Waals surface area contributed by atoms with Crippen molar-refractivity contribution in [3.8, 4) is 0 Å². The second kappa shape index (κ2) is 3.69. The van der Waals surface area contributed by atoms with Gasteiger partial charge in [-0.25, -0.2) is 12.8 Å². The summed E-state index contributed by atoms with van der Waals surface area (Å²) in [5, 5.41) is -0.789. The topological polar surface area (TPSA) is 34.1 Å². The Morgan fingerprint density at radius 3 is 2.36 bits per heavy atom. The maximum absolute atomic E-state index is 13.4. The van der Waals surface area contributed by atoms with Crippen molar-refractivity contribution in [1.82, 2.24) is 0 Å². The van der Waals surface area contributed by atoms with Gasteiger partial charge in [0.2, 0.25) is 0 Å². The maximum atomic E-state index is 13.4. The fourth-order valence-corrected chi connectivity index (χ4v) is 1.84.